The molecule has 1 atom stereocenters. The minimum atomic E-state index is -0.0613. The second-order valence-corrected chi connectivity index (χ2v) is 7.91. The Hall–Kier alpha value is -2.92. The minimum absolute atomic E-state index is 0.0123. The standard InChI is InChI=1S/C24H23NO3S/c26-23(18-27-20-11-5-2-6-12-20)25-15-16-29-24(25)21-13-7-8-14-22(21)28-17-19-9-3-1-4-10-19/h1-14,24H,15-18H2/t24-/m1/s1. The van der Waals surface area contributed by atoms with E-state index in [1.165, 1.54) is 0 Å². The van der Waals surface area contributed by atoms with Crippen LogP contribution in [-0.2, 0) is 11.4 Å². The molecule has 3 aromatic carbocycles. The summed E-state index contributed by atoms with van der Waals surface area (Å²) in [5, 5.41) is -0.0613. The number of nitrogens with zero attached hydrogens (tertiary/aromatic N) is 1. The zero-order valence-corrected chi connectivity index (χ0v) is 16.9. The molecule has 4 rings (SSSR count). The highest BCUT2D eigenvalue weighted by molar-refractivity contribution is 7.99. The summed E-state index contributed by atoms with van der Waals surface area (Å²) in [5.41, 5.74) is 2.14. The highest BCUT2D eigenvalue weighted by atomic mass is 32.2. The van der Waals surface area contributed by atoms with E-state index in [1.54, 1.807) is 11.8 Å². The lowest BCUT2D eigenvalue weighted by atomic mass is 10.1. The van der Waals surface area contributed by atoms with E-state index < -0.39 is 0 Å². The van der Waals surface area contributed by atoms with Gasteiger partial charge in [-0.15, -0.1) is 11.8 Å². The van der Waals surface area contributed by atoms with Crippen molar-refractivity contribution in [1.82, 2.24) is 4.90 Å². The zero-order valence-electron chi connectivity index (χ0n) is 16.1. The molecule has 1 saturated heterocycles. The molecule has 1 aliphatic rings. The van der Waals surface area contributed by atoms with Crippen molar-refractivity contribution in [3.05, 3.63) is 96.1 Å². The van der Waals surface area contributed by atoms with E-state index in [4.69, 9.17) is 9.47 Å². The first-order valence-corrected chi connectivity index (χ1v) is 10.7. The fraction of sp³-hybridized carbons (Fsp3) is 0.208. The fourth-order valence-electron chi connectivity index (χ4n) is 3.28. The van der Waals surface area contributed by atoms with Crippen molar-refractivity contribution >= 4 is 17.7 Å². The quantitative estimate of drug-likeness (QED) is 0.559. The molecule has 1 fully saturated rings. The highest BCUT2D eigenvalue weighted by Gasteiger charge is 2.32. The van der Waals surface area contributed by atoms with Gasteiger partial charge in [-0.1, -0.05) is 66.7 Å². The van der Waals surface area contributed by atoms with Crippen molar-refractivity contribution in [2.45, 2.75) is 12.0 Å². The Labute approximate surface area is 175 Å². The molecule has 0 unspecified atom stereocenters. The molecule has 0 saturated carbocycles. The van der Waals surface area contributed by atoms with Crippen LogP contribution >= 0.6 is 11.8 Å². The number of benzene rings is 3. The molecule has 148 valence electrons. The molecule has 0 aromatic heterocycles. The smallest absolute Gasteiger partial charge is 0.261 e. The number of hydrogen-bond acceptors (Lipinski definition) is 4. The maximum Gasteiger partial charge on any atom is 0.261 e. The molecule has 3 aromatic rings. The van der Waals surface area contributed by atoms with Crippen LogP contribution < -0.4 is 9.47 Å². The van der Waals surface area contributed by atoms with Gasteiger partial charge >= 0.3 is 0 Å². The summed E-state index contributed by atoms with van der Waals surface area (Å²) in [7, 11) is 0. The van der Waals surface area contributed by atoms with Gasteiger partial charge < -0.3 is 14.4 Å². The fourth-order valence-corrected chi connectivity index (χ4v) is 4.58. The van der Waals surface area contributed by atoms with Gasteiger partial charge in [0.2, 0.25) is 0 Å². The summed E-state index contributed by atoms with van der Waals surface area (Å²) in [6.07, 6.45) is 0. The Kier molecular flexibility index (Phi) is 6.37. The average molecular weight is 406 g/mol. The normalized spacial score (nSPS) is 15.9. The molecule has 1 aliphatic heterocycles. The number of ether oxygens (including phenoxy) is 2. The molecule has 0 aliphatic carbocycles. The summed E-state index contributed by atoms with van der Waals surface area (Å²) in [5.74, 6) is 2.41. The van der Waals surface area contributed by atoms with E-state index in [0.29, 0.717) is 18.9 Å². The summed E-state index contributed by atoms with van der Waals surface area (Å²) in [6, 6.07) is 27.5. The molecule has 0 radical (unpaired) electrons. The van der Waals surface area contributed by atoms with Crippen molar-refractivity contribution in [3.63, 3.8) is 0 Å². The summed E-state index contributed by atoms with van der Waals surface area (Å²) < 4.78 is 11.8. The predicted molar refractivity (Wildman–Crippen MR) is 116 cm³/mol. The maximum atomic E-state index is 12.8. The van der Waals surface area contributed by atoms with E-state index in [0.717, 1.165) is 22.6 Å². The van der Waals surface area contributed by atoms with Gasteiger partial charge in [0.05, 0.1) is 0 Å². The van der Waals surface area contributed by atoms with Crippen LogP contribution in [0.3, 0.4) is 0 Å². The Bertz CT molecular complexity index is 933. The number of thioether (sulfide) groups is 1. The largest absolute Gasteiger partial charge is 0.489 e. The number of para-hydroxylation sites is 2. The van der Waals surface area contributed by atoms with Crippen molar-refractivity contribution < 1.29 is 14.3 Å². The van der Waals surface area contributed by atoms with Gasteiger partial charge in [-0.05, 0) is 23.8 Å². The molecule has 29 heavy (non-hydrogen) atoms. The SMILES string of the molecule is O=C(COc1ccccc1)N1CCS[C@@H]1c1ccccc1OCc1ccccc1. The molecular formula is C24H23NO3S. The van der Waals surface area contributed by atoms with Crippen molar-refractivity contribution in [2.24, 2.45) is 0 Å². The van der Waals surface area contributed by atoms with Crippen molar-refractivity contribution in [2.75, 3.05) is 18.9 Å². The summed E-state index contributed by atoms with van der Waals surface area (Å²) >= 11 is 1.76. The molecule has 1 amide bonds. The van der Waals surface area contributed by atoms with Gasteiger partial charge in [0.25, 0.3) is 5.91 Å². The Morgan fingerprint density at radius 2 is 1.59 bits per heavy atom. The third kappa shape index (κ3) is 4.93. The number of rotatable bonds is 7. The maximum absolute atomic E-state index is 12.8. The van der Waals surface area contributed by atoms with E-state index in [2.05, 4.69) is 0 Å². The van der Waals surface area contributed by atoms with Gasteiger partial charge in [-0.25, -0.2) is 0 Å². The molecule has 0 spiro atoms. The zero-order chi connectivity index (χ0) is 19.9. The molecule has 0 bridgehead atoms. The van der Waals surface area contributed by atoms with Gasteiger partial charge in [0, 0.05) is 17.9 Å². The van der Waals surface area contributed by atoms with Crippen LogP contribution in [0.1, 0.15) is 16.5 Å². The number of amides is 1. The Balaban J connectivity index is 1.44. The molecular weight excluding hydrogens is 382 g/mol. The van der Waals surface area contributed by atoms with Crippen LogP contribution in [0.5, 0.6) is 11.5 Å². The topological polar surface area (TPSA) is 38.8 Å². The predicted octanol–water partition coefficient (Wildman–Crippen LogP) is 4.92. The highest BCUT2D eigenvalue weighted by Crippen LogP contribution is 2.42. The lowest BCUT2D eigenvalue weighted by Gasteiger charge is -2.25. The molecule has 5 heteroatoms. The van der Waals surface area contributed by atoms with Crippen LogP contribution in [0.15, 0.2) is 84.9 Å². The molecule has 0 N–H and O–H groups in total. The number of carbonyl (C=O) groups is 1. The van der Waals surface area contributed by atoms with Gasteiger partial charge in [0.15, 0.2) is 6.61 Å². The van der Waals surface area contributed by atoms with Gasteiger partial charge in [0.1, 0.15) is 23.5 Å². The van der Waals surface area contributed by atoms with E-state index in [9.17, 15) is 4.79 Å². The first-order chi connectivity index (χ1) is 14.3. The van der Waals surface area contributed by atoms with Crippen molar-refractivity contribution in [1.29, 1.82) is 0 Å². The van der Waals surface area contributed by atoms with E-state index in [1.807, 2.05) is 89.8 Å². The summed E-state index contributed by atoms with van der Waals surface area (Å²) in [4.78, 5) is 14.7. The van der Waals surface area contributed by atoms with Crippen LogP contribution in [-0.4, -0.2) is 29.7 Å². The summed E-state index contributed by atoms with van der Waals surface area (Å²) in [6.45, 7) is 1.24. The average Bonchev–Trinajstić information content (AvgIpc) is 3.27. The minimum Gasteiger partial charge on any atom is -0.489 e. The first-order valence-electron chi connectivity index (χ1n) is 9.66. The van der Waals surface area contributed by atoms with Gasteiger partial charge in [-0.3, -0.25) is 4.79 Å². The third-order valence-corrected chi connectivity index (χ3v) is 5.98. The van der Waals surface area contributed by atoms with Crippen LogP contribution in [0.25, 0.3) is 0 Å². The first kappa shape index (κ1) is 19.4. The number of carbonyl (C=O) groups excluding carboxylic acids is 1. The Morgan fingerprint density at radius 3 is 2.38 bits per heavy atom. The third-order valence-electron chi connectivity index (χ3n) is 4.74. The monoisotopic (exact) mass is 405 g/mol. The number of hydrogen-bond donors (Lipinski definition) is 0. The van der Waals surface area contributed by atoms with Gasteiger partial charge in [-0.2, -0.15) is 0 Å². The Morgan fingerprint density at radius 1 is 0.897 bits per heavy atom. The second kappa shape index (κ2) is 9.52. The molecule has 4 nitrogen and oxygen atoms in total. The van der Waals surface area contributed by atoms with Crippen molar-refractivity contribution in [3.8, 4) is 11.5 Å². The van der Waals surface area contributed by atoms with E-state index >= 15 is 0 Å². The lowest BCUT2D eigenvalue weighted by molar-refractivity contribution is -0.133. The van der Waals surface area contributed by atoms with Crippen LogP contribution in [0, 0.1) is 0 Å². The van der Waals surface area contributed by atoms with Crippen LogP contribution in [0.4, 0.5) is 0 Å². The lowest BCUT2D eigenvalue weighted by Crippen LogP contribution is -2.34. The van der Waals surface area contributed by atoms with E-state index in [-0.39, 0.29) is 17.9 Å². The second-order valence-electron chi connectivity index (χ2n) is 6.72. The van der Waals surface area contributed by atoms with Crippen LogP contribution in [0.2, 0.25) is 0 Å². The molecule has 1 heterocycles.